The Labute approximate surface area is 149 Å². The third-order valence-corrected chi connectivity index (χ3v) is 6.27. The lowest BCUT2D eigenvalue weighted by atomic mass is 10.3. The Bertz CT molecular complexity index is 1010. The van der Waals surface area contributed by atoms with Gasteiger partial charge in [-0.05, 0) is 45.1 Å². The van der Waals surface area contributed by atoms with E-state index in [4.69, 9.17) is 9.47 Å². The lowest BCUT2D eigenvalue weighted by molar-refractivity contribution is 0.399. The third kappa shape index (κ3) is 3.13. The van der Waals surface area contributed by atoms with Crippen molar-refractivity contribution in [1.82, 2.24) is 29.6 Å². The minimum atomic E-state index is -0.443. The van der Waals surface area contributed by atoms with E-state index in [1.165, 1.54) is 10.8 Å². The van der Waals surface area contributed by atoms with Crippen LogP contribution in [0.2, 0.25) is 0 Å². The van der Waals surface area contributed by atoms with Crippen LogP contribution in [-0.2, 0) is 0 Å². The predicted octanol–water partition coefficient (Wildman–Crippen LogP) is 2.93. The van der Waals surface area contributed by atoms with Crippen molar-refractivity contribution in [3.8, 4) is 17.3 Å². The number of benzene rings is 1. The van der Waals surface area contributed by atoms with E-state index >= 15 is 0 Å². The van der Waals surface area contributed by atoms with E-state index in [1.807, 2.05) is 36.4 Å². The van der Waals surface area contributed by atoms with Gasteiger partial charge in [-0.25, -0.2) is 0 Å². The lowest BCUT2D eigenvalue weighted by Crippen LogP contribution is -1.98. The van der Waals surface area contributed by atoms with Gasteiger partial charge in [-0.3, -0.25) is 0 Å². The molecule has 3 aromatic heterocycles. The van der Waals surface area contributed by atoms with E-state index in [0.717, 1.165) is 16.8 Å². The van der Waals surface area contributed by atoms with E-state index in [2.05, 4.69) is 30.3 Å². The van der Waals surface area contributed by atoms with Gasteiger partial charge in [0.15, 0.2) is 15.1 Å². The Kier molecular flexibility index (Phi) is 4.20. The maximum Gasteiger partial charge on any atom is 0.273 e. The summed E-state index contributed by atoms with van der Waals surface area (Å²) in [6.45, 7) is 0. The average Bonchev–Trinajstić information content (AvgIpc) is 3.27. The minimum Gasteiger partial charge on any atom is -0.497 e. The molecule has 0 aliphatic carbocycles. The molecule has 4 aromatic rings. The van der Waals surface area contributed by atoms with E-state index in [9.17, 15) is 0 Å². The SMILES string of the molecule is COc1ccc(-n2nnnc2S[s+]2cc3ccc(OC)nc3n2)cc1. The summed E-state index contributed by atoms with van der Waals surface area (Å²) in [5, 5.41) is 15.7. The zero-order valence-corrected chi connectivity index (χ0v) is 15.0. The molecule has 1 unspecified atom stereocenters. The van der Waals surface area contributed by atoms with Gasteiger partial charge in [-0.2, -0.15) is 9.67 Å². The number of hydrogen-bond donors (Lipinski definition) is 0. The maximum atomic E-state index is 5.18. The summed E-state index contributed by atoms with van der Waals surface area (Å²) in [7, 11) is 4.26. The molecule has 0 amide bonds. The highest BCUT2D eigenvalue weighted by Crippen LogP contribution is 2.38. The van der Waals surface area contributed by atoms with Crippen LogP contribution in [0.3, 0.4) is 0 Å². The molecule has 4 rings (SSSR count). The molecular formula is C15H13N6O2S2+. The van der Waals surface area contributed by atoms with Crippen LogP contribution < -0.4 is 9.47 Å². The van der Waals surface area contributed by atoms with Crippen molar-refractivity contribution in [2.75, 3.05) is 14.2 Å². The Morgan fingerprint density at radius 2 is 1.88 bits per heavy atom. The largest absolute Gasteiger partial charge is 0.497 e. The fraction of sp³-hybridized carbons (Fsp3) is 0.133. The zero-order chi connectivity index (χ0) is 17.2. The third-order valence-electron chi connectivity index (χ3n) is 3.41. The second-order valence-electron chi connectivity index (χ2n) is 4.91. The Morgan fingerprint density at radius 3 is 2.64 bits per heavy atom. The number of nitrogens with zero attached hydrogens (tertiary/aromatic N) is 6. The topological polar surface area (TPSA) is 87.8 Å². The lowest BCUT2D eigenvalue weighted by Gasteiger charge is -2.02. The van der Waals surface area contributed by atoms with Crippen LogP contribution in [0.4, 0.5) is 0 Å². The number of tetrazole rings is 1. The van der Waals surface area contributed by atoms with Gasteiger partial charge in [0.05, 0.1) is 25.3 Å². The van der Waals surface area contributed by atoms with Gasteiger partial charge >= 0.3 is 0 Å². The average molecular weight is 373 g/mol. The molecule has 25 heavy (non-hydrogen) atoms. The van der Waals surface area contributed by atoms with Gasteiger partial charge < -0.3 is 9.47 Å². The molecule has 126 valence electrons. The van der Waals surface area contributed by atoms with Gasteiger partial charge in [-0.15, -0.1) is 0 Å². The maximum absolute atomic E-state index is 5.18. The summed E-state index contributed by atoms with van der Waals surface area (Å²) in [6.07, 6.45) is 0. The molecular weight excluding hydrogens is 360 g/mol. The molecule has 0 bridgehead atoms. The monoisotopic (exact) mass is 373 g/mol. The van der Waals surface area contributed by atoms with Crippen LogP contribution in [0.25, 0.3) is 16.7 Å². The quantitative estimate of drug-likeness (QED) is 0.390. The van der Waals surface area contributed by atoms with Crippen LogP contribution in [0.1, 0.15) is 0 Å². The molecule has 1 aromatic carbocycles. The number of aromatic nitrogens is 6. The van der Waals surface area contributed by atoms with Crippen molar-refractivity contribution in [3.63, 3.8) is 0 Å². The molecule has 0 aliphatic rings. The van der Waals surface area contributed by atoms with Crippen molar-refractivity contribution in [2.45, 2.75) is 5.16 Å². The standard InChI is InChI=1S/C15H13N6O2S2/c1-22-12-6-4-11(5-7-12)21-15(17-19-20-21)24-25-9-10-3-8-13(23-2)16-14(10)18-25/h3-9H,1-2H3/q+1. The number of pyridine rings is 1. The Morgan fingerprint density at radius 1 is 1.04 bits per heavy atom. The molecule has 3 heterocycles. The highest BCUT2D eigenvalue weighted by Gasteiger charge is 2.22. The first-order chi connectivity index (χ1) is 12.3. The first kappa shape index (κ1) is 15.8. The van der Waals surface area contributed by atoms with Gasteiger partial charge in [0.2, 0.25) is 22.3 Å². The van der Waals surface area contributed by atoms with E-state index in [-0.39, 0.29) is 0 Å². The molecule has 0 spiro atoms. The zero-order valence-electron chi connectivity index (χ0n) is 13.4. The van der Waals surface area contributed by atoms with Crippen molar-refractivity contribution in [3.05, 3.63) is 41.8 Å². The minimum absolute atomic E-state index is 0.443. The summed E-state index contributed by atoms with van der Waals surface area (Å²) in [5.41, 5.74) is 1.53. The fourth-order valence-electron chi connectivity index (χ4n) is 2.18. The highest BCUT2D eigenvalue weighted by molar-refractivity contribution is 8.44. The predicted molar refractivity (Wildman–Crippen MR) is 95.5 cm³/mol. The van der Waals surface area contributed by atoms with Crippen LogP contribution in [0, 0.1) is 0 Å². The number of fused-ring (bicyclic) bond motifs is 1. The normalized spacial score (nSPS) is 11.7. The number of rotatable bonds is 5. The van der Waals surface area contributed by atoms with Gasteiger partial charge in [0.25, 0.3) is 5.16 Å². The van der Waals surface area contributed by atoms with E-state index in [1.54, 1.807) is 18.9 Å². The van der Waals surface area contributed by atoms with E-state index in [0.29, 0.717) is 16.7 Å². The molecule has 0 N–H and O–H groups in total. The van der Waals surface area contributed by atoms with E-state index < -0.39 is 9.70 Å². The molecule has 10 heteroatoms. The van der Waals surface area contributed by atoms with Gasteiger partial charge in [0.1, 0.15) is 5.75 Å². The molecule has 0 saturated carbocycles. The first-order valence-corrected chi connectivity index (χ1v) is 9.80. The molecule has 8 nitrogen and oxygen atoms in total. The van der Waals surface area contributed by atoms with Crippen molar-refractivity contribution < 1.29 is 9.47 Å². The first-order valence-electron chi connectivity index (χ1n) is 7.23. The Hall–Kier alpha value is -2.72. The van der Waals surface area contributed by atoms with Crippen LogP contribution in [-0.4, -0.2) is 43.8 Å². The van der Waals surface area contributed by atoms with Crippen LogP contribution in [0.5, 0.6) is 11.6 Å². The summed E-state index contributed by atoms with van der Waals surface area (Å²) in [4.78, 5) is 4.35. The van der Waals surface area contributed by atoms with Crippen LogP contribution in [0.15, 0.2) is 46.9 Å². The Balaban J connectivity index is 1.64. The highest BCUT2D eigenvalue weighted by atomic mass is 33.1. The van der Waals surface area contributed by atoms with Crippen molar-refractivity contribution in [2.24, 2.45) is 0 Å². The molecule has 0 saturated heterocycles. The van der Waals surface area contributed by atoms with Crippen molar-refractivity contribution >= 4 is 31.5 Å². The molecule has 0 fully saturated rings. The molecule has 0 aliphatic heterocycles. The molecule has 1 atom stereocenters. The van der Waals surface area contributed by atoms with Gasteiger partial charge in [0, 0.05) is 6.07 Å². The number of methoxy groups -OCH3 is 2. The van der Waals surface area contributed by atoms with Gasteiger partial charge in [-0.1, -0.05) is 5.10 Å². The second kappa shape index (κ2) is 6.65. The summed E-state index contributed by atoms with van der Waals surface area (Å²) in [6, 6.07) is 11.3. The smallest absolute Gasteiger partial charge is 0.273 e. The fourth-order valence-corrected chi connectivity index (χ4v) is 5.02. The molecule has 0 radical (unpaired) electrons. The number of ether oxygens (including phenoxy) is 2. The summed E-state index contributed by atoms with van der Waals surface area (Å²) < 4.78 is 16.6. The second-order valence-corrected chi connectivity index (χ2v) is 7.93. The summed E-state index contributed by atoms with van der Waals surface area (Å²) >= 11 is 0. The number of hydrogen-bond acceptors (Lipinski definition) is 8. The summed E-state index contributed by atoms with van der Waals surface area (Å²) in [5.74, 6) is 1.33. The van der Waals surface area contributed by atoms with Crippen molar-refractivity contribution in [1.29, 1.82) is 0 Å². The van der Waals surface area contributed by atoms with Crippen LogP contribution >= 0.6 is 20.5 Å².